The van der Waals surface area contributed by atoms with Crippen molar-refractivity contribution in [2.75, 3.05) is 14.2 Å². The maximum absolute atomic E-state index is 12.5. The number of phenolic OH excluding ortho intramolecular Hbond substituents is 1. The first kappa shape index (κ1) is 21.0. The Kier molecular flexibility index (Phi) is 5.54. The van der Waals surface area contributed by atoms with Gasteiger partial charge < -0.3 is 19.7 Å². The van der Waals surface area contributed by atoms with Gasteiger partial charge in [-0.3, -0.25) is 19.1 Å². The molecule has 11 nitrogen and oxygen atoms in total. The lowest BCUT2D eigenvalue weighted by atomic mass is 9.98. The van der Waals surface area contributed by atoms with Crippen LogP contribution in [0, 0.1) is 0 Å². The van der Waals surface area contributed by atoms with E-state index in [0.717, 1.165) is 4.57 Å². The molecule has 2 heterocycles. The van der Waals surface area contributed by atoms with E-state index in [1.54, 1.807) is 19.1 Å². The number of ether oxygens (including phenoxy) is 2. The number of hydrazone groups is 1. The highest BCUT2D eigenvalue weighted by Crippen LogP contribution is 2.42. The number of nitrogens with zero attached hydrogens (tertiary/aromatic N) is 3. The molecule has 0 radical (unpaired) electrons. The number of aromatic hydroxyl groups is 2. The molecule has 0 bridgehead atoms. The number of rotatable bonds is 5. The summed E-state index contributed by atoms with van der Waals surface area (Å²) in [5, 5.41) is 26.0. The largest absolute Gasteiger partial charge is 0.502 e. The van der Waals surface area contributed by atoms with Gasteiger partial charge in [0.05, 0.1) is 26.0 Å². The number of benzene rings is 1. The third-order valence-electron chi connectivity index (χ3n) is 4.94. The van der Waals surface area contributed by atoms with Gasteiger partial charge in [-0.15, -0.1) is 0 Å². The fraction of sp³-hybridized carbons (Fsp3) is 0.368. The number of carbonyl (C=O) groups excluding carboxylic acids is 1. The number of nitrogens with one attached hydrogen (secondary N) is 1. The van der Waals surface area contributed by atoms with Crippen molar-refractivity contribution < 1.29 is 24.5 Å². The molecule has 11 heteroatoms. The van der Waals surface area contributed by atoms with Crippen molar-refractivity contribution in [1.29, 1.82) is 0 Å². The highest BCUT2D eigenvalue weighted by Gasteiger charge is 2.36. The summed E-state index contributed by atoms with van der Waals surface area (Å²) in [5.41, 5.74) is -1.08. The number of methoxy groups -OCH3 is 2. The van der Waals surface area contributed by atoms with Crippen LogP contribution in [0.2, 0.25) is 0 Å². The Morgan fingerprint density at radius 3 is 2.37 bits per heavy atom. The minimum atomic E-state index is -0.806. The average molecular weight is 418 g/mol. The monoisotopic (exact) mass is 418 g/mol. The van der Waals surface area contributed by atoms with E-state index in [1.165, 1.54) is 26.3 Å². The number of aromatic amines is 1. The molecule has 1 atom stereocenters. The van der Waals surface area contributed by atoms with E-state index in [9.17, 15) is 24.6 Å². The number of aromatic nitrogens is 2. The van der Waals surface area contributed by atoms with Crippen LogP contribution in [0.25, 0.3) is 0 Å². The molecular weight excluding hydrogens is 396 g/mol. The van der Waals surface area contributed by atoms with Crippen molar-refractivity contribution in [1.82, 2.24) is 14.6 Å². The average Bonchev–Trinajstić information content (AvgIpc) is 3.16. The van der Waals surface area contributed by atoms with Gasteiger partial charge in [-0.2, -0.15) is 5.10 Å². The predicted octanol–water partition coefficient (Wildman–Crippen LogP) is 0.590. The minimum Gasteiger partial charge on any atom is -0.502 e. The van der Waals surface area contributed by atoms with E-state index in [0.29, 0.717) is 5.56 Å². The molecule has 0 spiro atoms. The molecule has 3 N–H and O–H groups in total. The summed E-state index contributed by atoms with van der Waals surface area (Å²) in [5.74, 6) is -0.771. The standard InChI is InChI=1S/C19H22N4O7/c1-5-14(24)23-11(9-6-12(29-3)16(25)13(7-9)30-4)8-10(21-23)15-17(26)20-19(28)22(2)18(15)27/h6-7,11,25,27H,5,8H2,1-4H3,(H,20,26,28)/t11-/m1/s1. The maximum Gasteiger partial charge on any atom is 0.330 e. The molecule has 1 aliphatic heterocycles. The predicted molar refractivity (Wildman–Crippen MR) is 106 cm³/mol. The van der Waals surface area contributed by atoms with E-state index >= 15 is 0 Å². The normalized spacial score (nSPS) is 15.8. The first-order valence-electron chi connectivity index (χ1n) is 9.10. The number of hydrogen-bond acceptors (Lipinski definition) is 8. The fourth-order valence-electron chi connectivity index (χ4n) is 3.29. The number of phenols is 1. The van der Waals surface area contributed by atoms with E-state index in [-0.39, 0.29) is 47.3 Å². The summed E-state index contributed by atoms with van der Waals surface area (Å²) in [6.45, 7) is 1.67. The van der Waals surface area contributed by atoms with Gasteiger partial charge in [0.1, 0.15) is 5.56 Å². The van der Waals surface area contributed by atoms with Crippen molar-refractivity contribution in [3.05, 3.63) is 44.1 Å². The lowest BCUT2D eigenvalue weighted by molar-refractivity contribution is -0.132. The van der Waals surface area contributed by atoms with Crippen molar-refractivity contribution >= 4 is 11.6 Å². The number of hydrogen-bond donors (Lipinski definition) is 3. The van der Waals surface area contributed by atoms with Gasteiger partial charge in [0.15, 0.2) is 11.5 Å². The molecule has 3 rings (SSSR count). The molecule has 1 amide bonds. The van der Waals surface area contributed by atoms with Crippen molar-refractivity contribution in [2.24, 2.45) is 12.1 Å². The van der Waals surface area contributed by atoms with Crippen LogP contribution >= 0.6 is 0 Å². The fourth-order valence-corrected chi connectivity index (χ4v) is 3.29. The summed E-state index contributed by atoms with van der Waals surface area (Å²) in [7, 11) is 4.06. The quantitative estimate of drug-likeness (QED) is 0.644. The molecule has 160 valence electrons. The molecule has 2 aromatic rings. The third kappa shape index (κ3) is 3.38. The smallest absolute Gasteiger partial charge is 0.330 e. The molecule has 1 aromatic carbocycles. The summed E-state index contributed by atoms with van der Waals surface area (Å²) in [6.07, 6.45) is 0.229. The van der Waals surface area contributed by atoms with Gasteiger partial charge in [0.2, 0.25) is 17.5 Å². The lowest BCUT2D eigenvalue weighted by Crippen LogP contribution is -2.32. The zero-order chi connectivity index (χ0) is 22.2. The summed E-state index contributed by atoms with van der Waals surface area (Å²) in [4.78, 5) is 38.7. The second-order valence-corrected chi connectivity index (χ2v) is 6.65. The molecule has 1 aromatic heterocycles. The van der Waals surface area contributed by atoms with Gasteiger partial charge in [0, 0.05) is 19.9 Å². The molecule has 30 heavy (non-hydrogen) atoms. The van der Waals surface area contributed by atoms with E-state index in [4.69, 9.17) is 9.47 Å². The van der Waals surface area contributed by atoms with Gasteiger partial charge in [-0.25, -0.2) is 9.80 Å². The molecule has 0 saturated carbocycles. The van der Waals surface area contributed by atoms with Gasteiger partial charge >= 0.3 is 5.69 Å². The molecule has 0 aliphatic carbocycles. The Bertz CT molecular complexity index is 1120. The summed E-state index contributed by atoms with van der Waals surface area (Å²) >= 11 is 0. The van der Waals surface area contributed by atoms with E-state index < -0.39 is 23.2 Å². The summed E-state index contributed by atoms with van der Waals surface area (Å²) < 4.78 is 11.2. The van der Waals surface area contributed by atoms with Crippen LogP contribution in [0.3, 0.4) is 0 Å². The highest BCUT2D eigenvalue weighted by atomic mass is 16.5. The minimum absolute atomic E-state index is 0.0810. The van der Waals surface area contributed by atoms with Crippen LogP contribution in [0.1, 0.15) is 36.9 Å². The SMILES string of the molecule is CCC(=O)N1N=C(c2c(O)n(C)c(=O)[nH]c2=O)C[C@@H]1c1cc(OC)c(O)c(OC)c1. The summed E-state index contributed by atoms with van der Waals surface area (Å²) in [6, 6.07) is 2.44. The van der Waals surface area contributed by atoms with Crippen LogP contribution in [-0.2, 0) is 11.8 Å². The van der Waals surface area contributed by atoms with Crippen LogP contribution in [0.5, 0.6) is 23.1 Å². The van der Waals surface area contributed by atoms with Crippen molar-refractivity contribution in [3.8, 4) is 23.1 Å². The Hall–Kier alpha value is -3.76. The maximum atomic E-state index is 12.5. The highest BCUT2D eigenvalue weighted by molar-refractivity contribution is 6.04. The molecule has 0 saturated heterocycles. The van der Waals surface area contributed by atoms with E-state index in [2.05, 4.69) is 10.1 Å². The Labute approximate surface area is 170 Å². The zero-order valence-corrected chi connectivity index (χ0v) is 16.9. The van der Waals surface area contributed by atoms with Gasteiger partial charge in [-0.1, -0.05) is 6.92 Å². The first-order valence-corrected chi connectivity index (χ1v) is 9.10. The molecule has 0 fully saturated rings. The molecule has 0 unspecified atom stereocenters. The van der Waals surface area contributed by atoms with E-state index in [1.807, 2.05) is 0 Å². The zero-order valence-electron chi connectivity index (χ0n) is 16.9. The number of amides is 1. The Morgan fingerprint density at radius 1 is 1.23 bits per heavy atom. The van der Waals surface area contributed by atoms with Crippen LogP contribution in [0.15, 0.2) is 26.8 Å². The van der Waals surface area contributed by atoms with Crippen molar-refractivity contribution in [3.63, 3.8) is 0 Å². The second kappa shape index (κ2) is 7.93. The van der Waals surface area contributed by atoms with Crippen LogP contribution < -0.4 is 20.7 Å². The Morgan fingerprint density at radius 2 is 1.83 bits per heavy atom. The van der Waals surface area contributed by atoms with Gasteiger partial charge in [0.25, 0.3) is 5.56 Å². The van der Waals surface area contributed by atoms with Crippen LogP contribution in [0.4, 0.5) is 0 Å². The molecular formula is C19H22N4O7. The number of H-pyrrole nitrogens is 1. The topological polar surface area (TPSA) is 146 Å². The first-order chi connectivity index (χ1) is 14.2. The Balaban J connectivity index is 2.14. The molecule has 1 aliphatic rings. The van der Waals surface area contributed by atoms with Gasteiger partial charge in [-0.05, 0) is 17.7 Å². The van der Waals surface area contributed by atoms with Crippen molar-refractivity contribution in [2.45, 2.75) is 25.8 Å². The lowest BCUT2D eigenvalue weighted by Gasteiger charge is -2.23. The number of carbonyl (C=O) groups is 1. The van der Waals surface area contributed by atoms with Crippen LogP contribution in [-0.4, -0.2) is 50.6 Å². The third-order valence-corrected chi connectivity index (χ3v) is 4.94. The second-order valence-electron chi connectivity index (χ2n) is 6.65.